The first-order valence-electron chi connectivity index (χ1n) is 6.75. The molecule has 1 amide bonds. The Morgan fingerprint density at radius 1 is 1.19 bits per heavy atom. The van der Waals surface area contributed by atoms with Crippen molar-refractivity contribution in [1.29, 1.82) is 0 Å². The molecule has 0 radical (unpaired) electrons. The summed E-state index contributed by atoms with van der Waals surface area (Å²) in [4.78, 5) is 13.6. The molecule has 3 N–H and O–H groups in total. The van der Waals surface area contributed by atoms with Crippen molar-refractivity contribution in [2.75, 3.05) is 5.32 Å². The predicted molar refractivity (Wildman–Crippen MR) is 82.6 cm³/mol. The molecule has 1 aromatic carbocycles. The van der Waals surface area contributed by atoms with Gasteiger partial charge in [-0.3, -0.25) is 4.79 Å². The third kappa shape index (κ3) is 3.59. The van der Waals surface area contributed by atoms with Gasteiger partial charge in [0.2, 0.25) is 5.91 Å². The highest BCUT2D eigenvalue weighted by Crippen LogP contribution is 2.25. The molecule has 2 atom stereocenters. The van der Waals surface area contributed by atoms with Gasteiger partial charge in [0.25, 0.3) is 0 Å². The van der Waals surface area contributed by atoms with Crippen molar-refractivity contribution in [1.82, 2.24) is 15.0 Å². The lowest BCUT2D eigenvalue weighted by Gasteiger charge is -2.11. The molecule has 2 aromatic rings. The first kappa shape index (κ1) is 15.5. The lowest BCUT2D eigenvalue weighted by atomic mass is 10.1. The molecule has 0 spiro atoms. The Morgan fingerprint density at radius 3 is 2.43 bits per heavy atom. The maximum atomic E-state index is 12.1. The number of carbonyl (C=O) groups is 1. The lowest BCUT2D eigenvalue weighted by molar-refractivity contribution is -0.119. The third-order valence-corrected chi connectivity index (χ3v) is 3.63. The van der Waals surface area contributed by atoms with E-state index in [4.69, 9.17) is 5.73 Å². The Bertz CT molecular complexity index is 584. The number of carbonyl (C=O) groups excluding carboxylic acids is 1. The van der Waals surface area contributed by atoms with E-state index in [9.17, 15) is 4.79 Å². The fourth-order valence-corrected chi connectivity index (χ4v) is 2.53. The summed E-state index contributed by atoms with van der Waals surface area (Å²) in [5, 5.41) is 11.0. The minimum absolute atomic E-state index is 0. The highest BCUT2D eigenvalue weighted by atomic mass is 35.5. The van der Waals surface area contributed by atoms with E-state index in [1.165, 1.54) is 4.80 Å². The van der Waals surface area contributed by atoms with Gasteiger partial charge >= 0.3 is 0 Å². The Morgan fingerprint density at radius 2 is 1.86 bits per heavy atom. The van der Waals surface area contributed by atoms with Gasteiger partial charge in [-0.2, -0.15) is 15.0 Å². The molecule has 3 rings (SSSR count). The number of hydrogen-bond acceptors (Lipinski definition) is 4. The lowest BCUT2D eigenvalue weighted by Crippen LogP contribution is -2.23. The van der Waals surface area contributed by atoms with E-state index < -0.39 is 0 Å². The van der Waals surface area contributed by atoms with Crippen LogP contribution in [0.1, 0.15) is 19.3 Å². The summed E-state index contributed by atoms with van der Waals surface area (Å²) in [6, 6.07) is 7.61. The molecule has 21 heavy (non-hydrogen) atoms. The molecular formula is C14H18ClN5O. The van der Waals surface area contributed by atoms with Crippen LogP contribution < -0.4 is 11.1 Å². The molecule has 1 aliphatic carbocycles. The number of anilines is 1. The minimum atomic E-state index is 0. The number of benzene rings is 1. The number of nitrogens with two attached hydrogens (primary N) is 1. The van der Waals surface area contributed by atoms with Gasteiger partial charge in [-0.1, -0.05) is 0 Å². The second-order valence-electron chi connectivity index (χ2n) is 5.12. The van der Waals surface area contributed by atoms with Crippen LogP contribution in [0.2, 0.25) is 0 Å². The summed E-state index contributed by atoms with van der Waals surface area (Å²) >= 11 is 0. The Balaban J connectivity index is 0.00000161. The van der Waals surface area contributed by atoms with Crippen LogP contribution in [0.15, 0.2) is 36.7 Å². The third-order valence-electron chi connectivity index (χ3n) is 3.63. The van der Waals surface area contributed by atoms with Crippen molar-refractivity contribution in [3.8, 4) is 5.69 Å². The number of rotatable bonds is 3. The summed E-state index contributed by atoms with van der Waals surface area (Å²) < 4.78 is 0. The topological polar surface area (TPSA) is 85.8 Å². The molecule has 7 heteroatoms. The number of amides is 1. The molecular weight excluding hydrogens is 290 g/mol. The molecule has 0 bridgehead atoms. The summed E-state index contributed by atoms with van der Waals surface area (Å²) in [7, 11) is 0. The van der Waals surface area contributed by atoms with E-state index in [0.29, 0.717) is 0 Å². The molecule has 1 heterocycles. The van der Waals surface area contributed by atoms with E-state index in [-0.39, 0.29) is 30.3 Å². The SMILES string of the molecule is Cl.NC1CCC(C(=O)Nc2ccc(-n3nccn3)cc2)C1. The van der Waals surface area contributed by atoms with Gasteiger partial charge in [-0.05, 0) is 43.5 Å². The second kappa shape index (κ2) is 6.69. The van der Waals surface area contributed by atoms with Crippen LogP contribution in [0.5, 0.6) is 0 Å². The zero-order valence-corrected chi connectivity index (χ0v) is 12.3. The molecule has 112 valence electrons. The Labute approximate surface area is 129 Å². The predicted octanol–water partition coefficient (Wildman–Crippen LogP) is 1.76. The Hall–Kier alpha value is -1.92. The summed E-state index contributed by atoms with van der Waals surface area (Å²) in [5.41, 5.74) is 7.47. The molecule has 1 aliphatic rings. The average molecular weight is 308 g/mol. The van der Waals surface area contributed by atoms with Crippen LogP contribution in [0, 0.1) is 5.92 Å². The maximum Gasteiger partial charge on any atom is 0.227 e. The van der Waals surface area contributed by atoms with Crippen LogP contribution >= 0.6 is 12.4 Å². The largest absolute Gasteiger partial charge is 0.328 e. The van der Waals surface area contributed by atoms with Gasteiger partial charge in [0.05, 0.1) is 18.1 Å². The van der Waals surface area contributed by atoms with Crippen LogP contribution in [0.25, 0.3) is 5.69 Å². The molecule has 6 nitrogen and oxygen atoms in total. The number of aromatic nitrogens is 3. The van der Waals surface area contributed by atoms with Crippen molar-refractivity contribution < 1.29 is 4.79 Å². The molecule has 0 saturated heterocycles. The van der Waals surface area contributed by atoms with Crippen molar-refractivity contribution in [2.45, 2.75) is 25.3 Å². The zero-order valence-electron chi connectivity index (χ0n) is 11.5. The first-order chi connectivity index (χ1) is 9.72. The minimum Gasteiger partial charge on any atom is -0.328 e. The van der Waals surface area contributed by atoms with Crippen molar-refractivity contribution in [3.63, 3.8) is 0 Å². The van der Waals surface area contributed by atoms with E-state index in [1.807, 2.05) is 24.3 Å². The molecule has 1 fully saturated rings. The fraction of sp³-hybridized carbons (Fsp3) is 0.357. The summed E-state index contributed by atoms with van der Waals surface area (Å²) in [6.45, 7) is 0. The van der Waals surface area contributed by atoms with Crippen molar-refractivity contribution in [3.05, 3.63) is 36.7 Å². The molecule has 1 aromatic heterocycles. The molecule has 0 aliphatic heterocycles. The smallest absolute Gasteiger partial charge is 0.227 e. The van der Waals surface area contributed by atoms with Gasteiger partial charge < -0.3 is 11.1 Å². The quantitative estimate of drug-likeness (QED) is 0.904. The number of nitrogens with one attached hydrogen (secondary N) is 1. The van der Waals surface area contributed by atoms with Crippen LogP contribution in [0.4, 0.5) is 5.69 Å². The van der Waals surface area contributed by atoms with Gasteiger partial charge in [0.15, 0.2) is 0 Å². The highest BCUT2D eigenvalue weighted by Gasteiger charge is 2.27. The zero-order chi connectivity index (χ0) is 13.9. The average Bonchev–Trinajstić information content (AvgIpc) is 3.10. The summed E-state index contributed by atoms with van der Waals surface area (Å²) in [5.74, 6) is 0.0976. The van der Waals surface area contributed by atoms with Gasteiger partial charge in [0, 0.05) is 17.6 Å². The van der Waals surface area contributed by atoms with E-state index >= 15 is 0 Å². The number of nitrogens with zero attached hydrogens (tertiary/aromatic N) is 3. The molecule has 1 saturated carbocycles. The summed E-state index contributed by atoms with van der Waals surface area (Å²) in [6.07, 6.45) is 5.84. The van der Waals surface area contributed by atoms with Gasteiger partial charge in [0.1, 0.15) is 0 Å². The van der Waals surface area contributed by atoms with Gasteiger partial charge in [-0.25, -0.2) is 0 Å². The standard InChI is InChI=1S/C14H17N5O.ClH/c15-11-2-1-10(9-11)14(20)18-12-3-5-13(6-4-12)19-16-7-8-17-19;/h3-8,10-11H,1-2,9,15H2,(H,18,20);1H. The van der Waals surface area contributed by atoms with Gasteiger partial charge in [-0.15, -0.1) is 12.4 Å². The van der Waals surface area contributed by atoms with E-state index in [2.05, 4.69) is 15.5 Å². The van der Waals surface area contributed by atoms with Crippen LogP contribution in [-0.4, -0.2) is 26.9 Å². The second-order valence-corrected chi connectivity index (χ2v) is 5.12. The Kier molecular flexibility index (Phi) is 4.93. The van der Waals surface area contributed by atoms with Crippen molar-refractivity contribution >= 4 is 24.0 Å². The first-order valence-corrected chi connectivity index (χ1v) is 6.75. The number of hydrogen-bond donors (Lipinski definition) is 2. The maximum absolute atomic E-state index is 12.1. The van der Waals surface area contributed by atoms with Crippen molar-refractivity contribution in [2.24, 2.45) is 11.7 Å². The van der Waals surface area contributed by atoms with Crippen LogP contribution in [0.3, 0.4) is 0 Å². The fourth-order valence-electron chi connectivity index (χ4n) is 2.53. The monoisotopic (exact) mass is 307 g/mol. The van der Waals surface area contributed by atoms with E-state index in [1.54, 1.807) is 12.4 Å². The molecule has 2 unspecified atom stereocenters. The highest BCUT2D eigenvalue weighted by molar-refractivity contribution is 5.92. The normalized spacial score (nSPS) is 20.8. The van der Waals surface area contributed by atoms with E-state index in [0.717, 1.165) is 30.6 Å². The van der Waals surface area contributed by atoms with Crippen LogP contribution in [-0.2, 0) is 4.79 Å². The number of halogens is 1.